The number of carboxylic acid groups (broad SMARTS) is 1. The summed E-state index contributed by atoms with van der Waals surface area (Å²) in [5.74, 6) is -1.08. The molecule has 1 saturated heterocycles. The molecule has 0 aliphatic carbocycles. The van der Waals surface area contributed by atoms with E-state index in [-0.39, 0.29) is 13.0 Å². The van der Waals surface area contributed by atoms with Crippen LogP contribution in [0.15, 0.2) is 5.16 Å². The highest BCUT2D eigenvalue weighted by Gasteiger charge is 2.40. The topological polar surface area (TPSA) is 91.7 Å². The second-order valence-electron chi connectivity index (χ2n) is 6.63. The molecule has 1 amide bonds. The standard InChI is InChI=1S/C11H18N2O5.C6H15N/c1-11(2,3)18-10(16)13-6-7(12-17-4)5-8(13)9(14)15;1-4-7(5-2)6-3/h8H,5-6H2,1-4H3,(H,14,15);4-6H2,1-3H3/t8-;/m0./s1. The summed E-state index contributed by atoms with van der Waals surface area (Å²) in [5, 5.41) is 12.8. The van der Waals surface area contributed by atoms with Crippen molar-refractivity contribution < 1.29 is 24.3 Å². The molecule has 0 radical (unpaired) electrons. The number of carboxylic acids is 1. The lowest BCUT2D eigenvalue weighted by Crippen LogP contribution is -2.43. The maximum atomic E-state index is 11.9. The van der Waals surface area contributed by atoms with Gasteiger partial charge in [0.2, 0.25) is 0 Å². The lowest BCUT2D eigenvalue weighted by molar-refractivity contribution is -0.142. The van der Waals surface area contributed by atoms with E-state index in [9.17, 15) is 9.59 Å². The lowest BCUT2D eigenvalue weighted by atomic mass is 10.2. The number of carbonyl (C=O) groups excluding carboxylic acids is 1. The summed E-state index contributed by atoms with van der Waals surface area (Å²) in [7, 11) is 1.37. The van der Waals surface area contributed by atoms with Gasteiger partial charge < -0.3 is 19.6 Å². The Labute approximate surface area is 150 Å². The SMILES string of the molecule is CCN(CC)CC.CON=C1C[C@@H](C(=O)O)N(C(=O)OC(C)(C)C)C1. The first-order valence-electron chi connectivity index (χ1n) is 8.63. The Balaban J connectivity index is 0.000000697. The van der Waals surface area contributed by atoms with E-state index in [1.807, 2.05) is 0 Å². The molecule has 0 aromatic rings. The molecule has 1 fully saturated rings. The van der Waals surface area contributed by atoms with Gasteiger partial charge in [-0.1, -0.05) is 25.9 Å². The van der Waals surface area contributed by atoms with Crippen LogP contribution in [-0.2, 0) is 14.4 Å². The minimum absolute atomic E-state index is 0.111. The van der Waals surface area contributed by atoms with Crippen LogP contribution in [0.1, 0.15) is 48.0 Å². The molecule has 25 heavy (non-hydrogen) atoms. The molecular weight excluding hydrogens is 326 g/mol. The molecule has 8 heteroatoms. The van der Waals surface area contributed by atoms with Gasteiger partial charge in [-0.15, -0.1) is 0 Å². The maximum Gasteiger partial charge on any atom is 0.411 e. The predicted molar refractivity (Wildman–Crippen MR) is 96.9 cm³/mol. The van der Waals surface area contributed by atoms with Gasteiger partial charge in [-0.05, 0) is 40.4 Å². The van der Waals surface area contributed by atoms with Crippen molar-refractivity contribution in [1.29, 1.82) is 0 Å². The first-order chi connectivity index (χ1) is 11.6. The van der Waals surface area contributed by atoms with Crippen molar-refractivity contribution in [3.63, 3.8) is 0 Å². The molecule has 8 nitrogen and oxygen atoms in total. The Morgan fingerprint density at radius 1 is 1.24 bits per heavy atom. The normalized spacial score (nSPS) is 18.8. The van der Waals surface area contributed by atoms with Crippen molar-refractivity contribution in [3.05, 3.63) is 0 Å². The summed E-state index contributed by atoms with van der Waals surface area (Å²) >= 11 is 0. The number of likely N-dealkylation sites (tertiary alicyclic amines) is 1. The van der Waals surface area contributed by atoms with Crippen molar-refractivity contribution in [2.24, 2.45) is 5.16 Å². The summed E-state index contributed by atoms with van der Waals surface area (Å²) in [6, 6.07) is -0.950. The molecule has 1 N–H and O–H groups in total. The van der Waals surface area contributed by atoms with Crippen LogP contribution in [-0.4, -0.2) is 77.6 Å². The Hall–Kier alpha value is -1.83. The summed E-state index contributed by atoms with van der Waals surface area (Å²) in [6.45, 7) is 15.4. The zero-order chi connectivity index (χ0) is 19.6. The Kier molecular flexibility index (Phi) is 10.1. The molecule has 0 bridgehead atoms. The molecule has 0 aromatic heterocycles. The lowest BCUT2D eigenvalue weighted by Gasteiger charge is -2.26. The number of carbonyl (C=O) groups is 2. The zero-order valence-electron chi connectivity index (χ0n) is 16.5. The van der Waals surface area contributed by atoms with Crippen molar-refractivity contribution in [1.82, 2.24) is 9.80 Å². The first kappa shape index (κ1) is 23.2. The molecular formula is C17H33N3O5. The number of rotatable bonds is 5. The first-order valence-corrected chi connectivity index (χ1v) is 8.63. The van der Waals surface area contributed by atoms with E-state index in [4.69, 9.17) is 9.84 Å². The van der Waals surface area contributed by atoms with Gasteiger partial charge in [0.1, 0.15) is 18.8 Å². The Bertz CT molecular complexity index is 450. The maximum absolute atomic E-state index is 11.9. The summed E-state index contributed by atoms with van der Waals surface area (Å²) in [4.78, 5) is 31.1. The molecule has 1 aliphatic heterocycles. The van der Waals surface area contributed by atoms with Gasteiger partial charge in [-0.2, -0.15) is 0 Å². The zero-order valence-corrected chi connectivity index (χ0v) is 16.5. The van der Waals surface area contributed by atoms with E-state index in [1.54, 1.807) is 20.8 Å². The number of aliphatic carboxylic acids is 1. The van der Waals surface area contributed by atoms with Gasteiger partial charge in [0.05, 0.1) is 12.3 Å². The molecule has 0 saturated carbocycles. The molecule has 0 unspecified atom stereocenters. The Morgan fingerprint density at radius 3 is 2.08 bits per heavy atom. The van der Waals surface area contributed by atoms with Gasteiger partial charge in [0, 0.05) is 6.42 Å². The van der Waals surface area contributed by atoms with Crippen LogP contribution in [0.25, 0.3) is 0 Å². The van der Waals surface area contributed by atoms with E-state index in [0.29, 0.717) is 5.71 Å². The number of amides is 1. The monoisotopic (exact) mass is 359 g/mol. The molecule has 0 spiro atoms. The quantitative estimate of drug-likeness (QED) is 0.758. The van der Waals surface area contributed by atoms with Gasteiger partial charge >= 0.3 is 12.1 Å². The van der Waals surface area contributed by atoms with Crippen LogP contribution in [0, 0.1) is 0 Å². The number of nitrogens with zero attached hydrogens (tertiary/aromatic N) is 3. The molecule has 1 heterocycles. The fraction of sp³-hybridized carbons (Fsp3) is 0.824. The van der Waals surface area contributed by atoms with Crippen LogP contribution < -0.4 is 0 Å². The minimum Gasteiger partial charge on any atom is -0.480 e. The third kappa shape index (κ3) is 8.72. The molecule has 146 valence electrons. The fourth-order valence-electron chi connectivity index (χ4n) is 2.30. The molecule has 1 atom stereocenters. The average molecular weight is 359 g/mol. The van der Waals surface area contributed by atoms with Crippen LogP contribution in [0.4, 0.5) is 4.79 Å². The average Bonchev–Trinajstić information content (AvgIpc) is 2.93. The van der Waals surface area contributed by atoms with Crippen LogP contribution in [0.5, 0.6) is 0 Å². The largest absolute Gasteiger partial charge is 0.480 e. The van der Waals surface area contributed by atoms with E-state index in [2.05, 4.69) is 35.7 Å². The number of oxime groups is 1. The second-order valence-corrected chi connectivity index (χ2v) is 6.63. The second kappa shape index (κ2) is 10.9. The number of hydrogen-bond acceptors (Lipinski definition) is 6. The van der Waals surface area contributed by atoms with Gasteiger partial charge in [-0.25, -0.2) is 9.59 Å². The van der Waals surface area contributed by atoms with E-state index >= 15 is 0 Å². The third-order valence-corrected chi connectivity index (χ3v) is 3.63. The van der Waals surface area contributed by atoms with Crippen LogP contribution in [0.3, 0.4) is 0 Å². The Morgan fingerprint density at radius 2 is 1.76 bits per heavy atom. The summed E-state index contributed by atoms with van der Waals surface area (Å²) in [5.41, 5.74) is -0.155. The van der Waals surface area contributed by atoms with E-state index in [1.165, 1.54) is 26.7 Å². The highest BCUT2D eigenvalue weighted by molar-refractivity contribution is 5.98. The fourth-order valence-corrected chi connectivity index (χ4v) is 2.30. The highest BCUT2D eigenvalue weighted by atomic mass is 16.6. The van der Waals surface area contributed by atoms with E-state index in [0.717, 1.165) is 4.90 Å². The summed E-state index contributed by atoms with van der Waals surface area (Å²) in [6.07, 6.45) is -0.501. The smallest absolute Gasteiger partial charge is 0.411 e. The van der Waals surface area contributed by atoms with Gasteiger partial charge in [-0.3, -0.25) is 4.90 Å². The number of hydrogen-bond donors (Lipinski definition) is 1. The third-order valence-electron chi connectivity index (χ3n) is 3.63. The molecule has 1 aliphatic rings. The van der Waals surface area contributed by atoms with Crippen molar-refractivity contribution >= 4 is 17.8 Å². The number of ether oxygens (including phenoxy) is 1. The predicted octanol–water partition coefficient (Wildman–Crippen LogP) is 2.43. The minimum atomic E-state index is -1.08. The van der Waals surface area contributed by atoms with Gasteiger partial charge in [0.15, 0.2) is 0 Å². The van der Waals surface area contributed by atoms with Crippen molar-refractivity contribution in [2.75, 3.05) is 33.3 Å². The van der Waals surface area contributed by atoms with Gasteiger partial charge in [0.25, 0.3) is 0 Å². The summed E-state index contributed by atoms with van der Waals surface area (Å²) < 4.78 is 5.16. The molecule has 1 rings (SSSR count). The highest BCUT2D eigenvalue weighted by Crippen LogP contribution is 2.20. The van der Waals surface area contributed by atoms with Crippen molar-refractivity contribution in [2.45, 2.75) is 59.6 Å². The van der Waals surface area contributed by atoms with Crippen molar-refractivity contribution in [3.8, 4) is 0 Å². The van der Waals surface area contributed by atoms with Crippen LogP contribution >= 0.6 is 0 Å². The van der Waals surface area contributed by atoms with Crippen LogP contribution in [0.2, 0.25) is 0 Å². The molecule has 0 aromatic carbocycles. The van der Waals surface area contributed by atoms with E-state index < -0.39 is 23.7 Å².